The Morgan fingerprint density at radius 1 is 1.42 bits per heavy atom. The first-order valence-corrected chi connectivity index (χ1v) is 3.70. The molecule has 0 aliphatic carbocycles. The van der Waals surface area contributed by atoms with E-state index in [0.29, 0.717) is 27.8 Å². The van der Waals surface area contributed by atoms with Crippen molar-refractivity contribution >= 4 is 28.5 Å². The lowest BCUT2D eigenvalue weighted by Gasteiger charge is -1.95. The van der Waals surface area contributed by atoms with Gasteiger partial charge in [-0.15, -0.1) is 0 Å². The molecule has 0 spiro atoms. The number of nitrogen functional groups attached to an aromatic ring is 1. The van der Waals surface area contributed by atoms with Gasteiger partial charge in [-0.3, -0.25) is 5.10 Å². The third-order valence-electron chi connectivity index (χ3n) is 1.51. The van der Waals surface area contributed by atoms with Crippen molar-refractivity contribution in [2.24, 2.45) is 0 Å². The fraction of sp³-hybridized carbons (Fsp3) is 0.167. The number of aryl methyl sites for hydroxylation is 1. The highest BCUT2D eigenvalue weighted by Gasteiger charge is 2.09. The molecule has 0 atom stereocenters. The Morgan fingerprint density at radius 2 is 2.17 bits per heavy atom. The van der Waals surface area contributed by atoms with Gasteiger partial charge in [-0.05, 0) is 6.92 Å². The molecule has 2 heterocycles. The second-order valence-corrected chi connectivity index (χ2v) is 2.77. The van der Waals surface area contributed by atoms with E-state index < -0.39 is 0 Å². The molecule has 0 aromatic carbocycles. The van der Waals surface area contributed by atoms with Gasteiger partial charge in [0, 0.05) is 0 Å². The highest BCUT2D eigenvalue weighted by atomic mass is 35.5. The number of nitrogens with one attached hydrogen (secondary N) is 1. The molecule has 2 rings (SSSR count). The van der Waals surface area contributed by atoms with Crippen LogP contribution in [-0.2, 0) is 0 Å². The quantitative estimate of drug-likeness (QED) is 0.636. The smallest absolute Gasteiger partial charge is 0.187 e. The van der Waals surface area contributed by atoms with Crippen LogP contribution in [0.5, 0.6) is 0 Å². The number of rotatable bonds is 0. The van der Waals surface area contributed by atoms with Gasteiger partial charge in [0.15, 0.2) is 5.65 Å². The van der Waals surface area contributed by atoms with Gasteiger partial charge in [0.1, 0.15) is 16.8 Å². The van der Waals surface area contributed by atoms with Crippen LogP contribution in [-0.4, -0.2) is 20.2 Å². The Labute approximate surface area is 73.0 Å². The summed E-state index contributed by atoms with van der Waals surface area (Å²) in [7, 11) is 0. The monoisotopic (exact) mass is 183 g/mol. The van der Waals surface area contributed by atoms with Gasteiger partial charge in [0.2, 0.25) is 0 Å². The summed E-state index contributed by atoms with van der Waals surface area (Å²) in [4.78, 5) is 8.00. The van der Waals surface area contributed by atoms with Crippen LogP contribution in [0.15, 0.2) is 0 Å². The van der Waals surface area contributed by atoms with Crippen molar-refractivity contribution in [1.82, 2.24) is 20.2 Å². The molecule has 0 fully saturated rings. The molecule has 12 heavy (non-hydrogen) atoms. The normalized spacial score (nSPS) is 10.8. The Morgan fingerprint density at radius 3 is 2.92 bits per heavy atom. The molecule has 0 saturated heterocycles. The standard InChI is InChI=1S/C6H6ClN5/c1-2-9-5(8)3-4(7)11-12-6(3)10-2/h1H3,(H3,8,9,10,11,12). The summed E-state index contributed by atoms with van der Waals surface area (Å²) in [5.74, 6) is 0.944. The van der Waals surface area contributed by atoms with Gasteiger partial charge >= 0.3 is 0 Å². The first-order chi connectivity index (χ1) is 5.68. The van der Waals surface area contributed by atoms with E-state index in [0.717, 1.165) is 0 Å². The Hall–Kier alpha value is -1.36. The number of hydrogen-bond donors (Lipinski definition) is 2. The Kier molecular flexibility index (Phi) is 1.41. The average molecular weight is 184 g/mol. The predicted octanol–water partition coefficient (Wildman–Crippen LogP) is 0.897. The molecule has 62 valence electrons. The molecule has 3 N–H and O–H groups in total. The van der Waals surface area contributed by atoms with Crippen molar-refractivity contribution in [2.45, 2.75) is 6.92 Å². The molecule has 6 heteroatoms. The van der Waals surface area contributed by atoms with Crippen LogP contribution in [0.4, 0.5) is 5.82 Å². The lowest BCUT2D eigenvalue weighted by Crippen LogP contribution is -1.95. The zero-order valence-corrected chi connectivity index (χ0v) is 7.05. The topological polar surface area (TPSA) is 80.5 Å². The van der Waals surface area contributed by atoms with Crippen molar-refractivity contribution < 1.29 is 0 Å². The molecule has 0 unspecified atom stereocenters. The Balaban J connectivity index is 2.93. The van der Waals surface area contributed by atoms with E-state index in [1.165, 1.54) is 0 Å². The number of aromatic amines is 1. The predicted molar refractivity (Wildman–Crippen MR) is 45.8 cm³/mol. The van der Waals surface area contributed by atoms with Crippen LogP contribution in [0, 0.1) is 6.92 Å². The van der Waals surface area contributed by atoms with E-state index in [1.807, 2.05) is 0 Å². The molecular weight excluding hydrogens is 178 g/mol. The van der Waals surface area contributed by atoms with Crippen LogP contribution >= 0.6 is 11.6 Å². The van der Waals surface area contributed by atoms with Gasteiger partial charge in [0.05, 0.1) is 5.39 Å². The Bertz CT molecular complexity index is 435. The molecule has 0 radical (unpaired) electrons. The zero-order chi connectivity index (χ0) is 8.72. The third kappa shape index (κ3) is 0.902. The summed E-state index contributed by atoms with van der Waals surface area (Å²) in [6.45, 7) is 1.75. The van der Waals surface area contributed by atoms with Crippen LogP contribution in [0.2, 0.25) is 5.15 Å². The van der Waals surface area contributed by atoms with Crippen LogP contribution in [0.3, 0.4) is 0 Å². The molecule has 0 amide bonds. The number of H-pyrrole nitrogens is 1. The molecule has 0 aliphatic rings. The SMILES string of the molecule is Cc1nc(N)c2c(Cl)[nH]nc2n1. The minimum Gasteiger partial charge on any atom is -0.383 e. The average Bonchev–Trinajstić information content (AvgIpc) is 2.31. The van der Waals surface area contributed by atoms with Crippen molar-refractivity contribution in [3.8, 4) is 0 Å². The minimum absolute atomic E-state index is 0.358. The minimum atomic E-state index is 0.358. The molecule has 0 saturated carbocycles. The van der Waals surface area contributed by atoms with Crippen LogP contribution in [0.25, 0.3) is 11.0 Å². The summed E-state index contributed by atoms with van der Waals surface area (Å²) in [5, 5.41) is 7.39. The maximum Gasteiger partial charge on any atom is 0.187 e. The number of aromatic nitrogens is 4. The van der Waals surface area contributed by atoms with E-state index in [-0.39, 0.29) is 0 Å². The fourth-order valence-electron chi connectivity index (χ4n) is 1.03. The zero-order valence-electron chi connectivity index (χ0n) is 6.30. The lowest BCUT2D eigenvalue weighted by molar-refractivity contribution is 1.05. The third-order valence-corrected chi connectivity index (χ3v) is 1.78. The largest absolute Gasteiger partial charge is 0.383 e. The summed E-state index contributed by atoms with van der Waals surface area (Å²) >= 11 is 5.75. The van der Waals surface area contributed by atoms with Gasteiger partial charge < -0.3 is 5.73 Å². The van der Waals surface area contributed by atoms with Crippen molar-refractivity contribution in [3.05, 3.63) is 11.0 Å². The number of nitrogens with two attached hydrogens (primary N) is 1. The van der Waals surface area contributed by atoms with E-state index in [9.17, 15) is 0 Å². The van der Waals surface area contributed by atoms with Crippen LogP contribution in [0.1, 0.15) is 5.82 Å². The number of halogens is 1. The van der Waals surface area contributed by atoms with Gasteiger partial charge in [0.25, 0.3) is 0 Å². The highest BCUT2D eigenvalue weighted by Crippen LogP contribution is 2.22. The van der Waals surface area contributed by atoms with E-state index in [2.05, 4.69) is 20.2 Å². The van der Waals surface area contributed by atoms with Crippen molar-refractivity contribution in [1.29, 1.82) is 0 Å². The molecule has 2 aromatic heterocycles. The summed E-state index contributed by atoms with van der Waals surface area (Å²) in [6.07, 6.45) is 0. The second-order valence-electron chi connectivity index (χ2n) is 2.39. The maximum atomic E-state index is 5.75. The van der Waals surface area contributed by atoms with Gasteiger partial charge in [-0.1, -0.05) is 11.6 Å². The number of anilines is 1. The second kappa shape index (κ2) is 2.31. The van der Waals surface area contributed by atoms with Crippen molar-refractivity contribution in [2.75, 3.05) is 5.73 Å². The molecule has 0 bridgehead atoms. The van der Waals surface area contributed by atoms with E-state index in [1.54, 1.807) is 6.92 Å². The first-order valence-electron chi connectivity index (χ1n) is 3.32. The molecular formula is C6H6ClN5. The number of fused-ring (bicyclic) bond motifs is 1. The number of hydrogen-bond acceptors (Lipinski definition) is 4. The van der Waals surface area contributed by atoms with Gasteiger partial charge in [-0.2, -0.15) is 5.10 Å². The summed E-state index contributed by atoms with van der Waals surface area (Å²) in [6, 6.07) is 0. The van der Waals surface area contributed by atoms with Crippen molar-refractivity contribution in [3.63, 3.8) is 0 Å². The molecule has 5 nitrogen and oxygen atoms in total. The molecule has 2 aromatic rings. The number of nitrogens with zero attached hydrogens (tertiary/aromatic N) is 3. The van der Waals surface area contributed by atoms with Gasteiger partial charge in [-0.25, -0.2) is 9.97 Å². The highest BCUT2D eigenvalue weighted by molar-refractivity contribution is 6.34. The lowest BCUT2D eigenvalue weighted by atomic mass is 10.4. The molecule has 0 aliphatic heterocycles. The van der Waals surface area contributed by atoms with E-state index in [4.69, 9.17) is 17.3 Å². The first kappa shape index (κ1) is 7.30. The maximum absolute atomic E-state index is 5.75. The van der Waals surface area contributed by atoms with Crippen LogP contribution < -0.4 is 5.73 Å². The van der Waals surface area contributed by atoms with E-state index >= 15 is 0 Å². The fourth-order valence-corrected chi connectivity index (χ4v) is 1.25. The summed E-state index contributed by atoms with van der Waals surface area (Å²) in [5.41, 5.74) is 6.11. The summed E-state index contributed by atoms with van der Waals surface area (Å²) < 4.78 is 0.